The Morgan fingerprint density at radius 2 is 1.88 bits per heavy atom. The molecule has 0 saturated heterocycles. The summed E-state index contributed by atoms with van der Waals surface area (Å²) in [6.07, 6.45) is 7.50. The molecule has 1 aliphatic heterocycles. The van der Waals surface area contributed by atoms with Gasteiger partial charge < -0.3 is 14.7 Å². The summed E-state index contributed by atoms with van der Waals surface area (Å²) in [5.74, 6) is -0.603. The van der Waals surface area contributed by atoms with Gasteiger partial charge in [-0.2, -0.15) is 0 Å². The summed E-state index contributed by atoms with van der Waals surface area (Å²) in [7, 11) is 0.496. The second kappa shape index (κ2) is 13.4. The minimum Gasteiger partial charge on any atom is -0.478 e. The van der Waals surface area contributed by atoms with Crippen molar-refractivity contribution < 1.29 is 18.8 Å². The van der Waals surface area contributed by atoms with Gasteiger partial charge in [0.05, 0.1) is 27.8 Å². The van der Waals surface area contributed by atoms with Crippen molar-refractivity contribution in [3.05, 3.63) is 54.8 Å². The van der Waals surface area contributed by atoms with E-state index >= 15 is 0 Å². The van der Waals surface area contributed by atoms with Gasteiger partial charge in [0, 0.05) is 31.4 Å². The number of rotatable bonds is 7. The maximum absolute atomic E-state index is 13.4. The highest BCUT2D eigenvalue weighted by molar-refractivity contribution is 7.98. The number of unbranched alkanes of at least 4 members (excludes halogenated alkanes) is 1. The Morgan fingerprint density at radius 3 is 2.42 bits per heavy atom. The predicted octanol–water partition coefficient (Wildman–Crippen LogP) is 6.08. The van der Waals surface area contributed by atoms with Crippen molar-refractivity contribution in [2.45, 2.75) is 55.9 Å². The lowest BCUT2D eigenvalue weighted by molar-refractivity contribution is -0.131. The molecule has 0 aromatic heterocycles. The van der Waals surface area contributed by atoms with Gasteiger partial charge in [0.15, 0.2) is 0 Å². The van der Waals surface area contributed by atoms with Crippen molar-refractivity contribution in [2.75, 3.05) is 24.7 Å². The first kappa shape index (κ1) is 27.0. The van der Waals surface area contributed by atoms with Crippen LogP contribution in [0.3, 0.4) is 0 Å². The summed E-state index contributed by atoms with van der Waals surface area (Å²) < 4.78 is 20.8. The minimum absolute atomic E-state index is 0.109. The van der Waals surface area contributed by atoms with Gasteiger partial charge in [-0.1, -0.05) is 51.8 Å². The highest BCUT2D eigenvalue weighted by atomic mass is 32.2. The van der Waals surface area contributed by atoms with Crippen molar-refractivity contribution in [1.29, 1.82) is 0 Å². The number of hydrogen-bond donors (Lipinski definition) is 1. The molecule has 2 aromatic rings. The Labute approximate surface area is 204 Å². The van der Waals surface area contributed by atoms with E-state index in [1.54, 1.807) is 6.07 Å². The molecule has 1 N–H and O–H groups in total. The van der Waals surface area contributed by atoms with Crippen LogP contribution in [-0.4, -0.2) is 45.5 Å². The van der Waals surface area contributed by atoms with E-state index < -0.39 is 17.0 Å². The molecule has 0 bridgehead atoms. The molecule has 2 atom stereocenters. The largest absolute Gasteiger partial charge is 0.478 e. The van der Waals surface area contributed by atoms with E-state index in [0.717, 1.165) is 35.0 Å². The maximum Gasteiger partial charge on any atom is 0.331 e. The maximum atomic E-state index is 13.4. The molecule has 0 amide bonds. The molecule has 6 nitrogen and oxygen atoms in total. The second-order valence-corrected chi connectivity index (χ2v) is 9.90. The Bertz CT molecular complexity index is 964. The SMILES string of the molecule is CCC1CN(c2ccccc2)c2cc(SC)c(O/C=C/C(=O)O)cc2S(=O)N1C.CCCC. The first-order chi connectivity index (χ1) is 15.9. The molecule has 0 saturated carbocycles. The van der Waals surface area contributed by atoms with Gasteiger partial charge in [-0.25, -0.2) is 13.3 Å². The third-order valence-corrected chi connectivity index (χ3v) is 7.62. The van der Waals surface area contributed by atoms with Crippen LogP contribution in [0.1, 0.15) is 40.0 Å². The van der Waals surface area contributed by atoms with E-state index in [0.29, 0.717) is 17.2 Å². The summed E-state index contributed by atoms with van der Waals surface area (Å²) in [6, 6.07) is 13.9. The third kappa shape index (κ3) is 7.09. The predicted molar refractivity (Wildman–Crippen MR) is 138 cm³/mol. The van der Waals surface area contributed by atoms with Crippen LogP contribution in [0.4, 0.5) is 11.4 Å². The number of hydrogen-bond acceptors (Lipinski definition) is 5. The third-order valence-electron chi connectivity index (χ3n) is 5.34. The molecule has 33 heavy (non-hydrogen) atoms. The number of benzene rings is 2. The molecule has 0 spiro atoms. The van der Waals surface area contributed by atoms with Crippen LogP contribution in [0.5, 0.6) is 5.75 Å². The lowest BCUT2D eigenvalue weighted by Crippen LogP contribution is -2.38. The van der Waals surface area contributed by atoms with E-state index in [1.165, 1.54) is 24.6 Å². The number of aliphatic carboxylic acids is 1. The second-order valence-electron chi connectivity index (χ2n) is 7.53. The highest BCUT2D eigenvalue weighted by Gasteiger charge is 2.32. The Hall–Kier alpha value is -2.29. The van der Waals surface area contributed by atoms with Crippen molar-refractivity contribution in [3.63, 3.8) is 0 Å². The Morgan fingerprint density at radius 1 is 1.21 bits per heavy atom. The summed E-state index contributed by atoms with van der Waals surface area (Å²) in [5, 5.41) is 8.81. The number of thioether (sulfide) groups is 1. The van der Waals surface area contributed by atoms with E-state index in [-0.39, 0.29) is 6.04 Å². The fourth-order valence-corrected chi connectivity index (χ4v) is 5.14. The average Bonchev–Trinajstić information content (AvgIpc) is 2.93. The van der Waals surface area contributed by atoms with Crippen molar-refractivity contribution in [1.82, 2.24) is 4.31 Å². The molecule has 0 radical (unpaired) electrons. The first-order valence-electron chi connectivity index (χ1n) is 11.1. The van der Waals surface area contributed by atoms with Gasteiger partial charge in [0.1, 0.15) is 16.7 Å². The number of carbonyl (C=O) groups is 1. The molecule has 0 fully saturated rings. The standard InChI is InChI=1S/C21H24N2O4S2.C4H10/c1-4-15-14-23(16-8-6-5-7-9-16)17-12-19(28-3)18(27-11-10-21(24)25)13-20(17)29(26)22(15)2;1-3-4-2/h5-13,15H,4,14H2,1-3H3,(H,24,25);3-4H2,1-2H3/b11-10+;. The summed E-state index contributed by atoms with van der Waals surface area (Å²) >= 11 is 1.49. The van der Waals surface area contributed by atoms with Gasteiger partial charge in [-0.15, -0.1) is 11.8 Å². The monoisotopic (exact) mass is 490 g/mol. The zero-order valence-corrected chi connectivity index (χ0v) is 21.6. The summed E-state index contributed by atoms with van der Waals surface area (Å²) in [6.45, 7) is 7.17. The van der Waals surface area contributed by atoms with Crippen molar-refractivity contribution >= 4 is 40.1 Å². The van der Waals surface area contributed by atoms with E-state index in [9.17, 15) is 9.00 Å². The molecule has 180 valence electrons. The Balaban J connectivity index is 0.000000890. The number of carboxylic acid groups (broad SMARTS) is 1. The van der Waals surface area contributed by atoms with Crippen LogP contribution < -0.4 is 9.64 Å². The van der Waals surface area contributed by atoms with Crippen LogP contribution >= 0.6 is 11.8 Å². The zero-order valence-electron chi connectivity index (χ0n) is 20.0. The van der Waals surface area contributed by atoms with Gasteiger partial charge >= 0.3 is 5.97 Å². The highest BCUT2D eigenvalue weighted by Crippen LogP contribution is 2.42. The van der Waals surface area contributed by atoms with Gasteiger partial charge in [-0.3, -0.25) is 0 Å². The minimum atomic E-state index is -1.37. The number of likely N-dealkylation sites (N-methyl/N-ethyl adjacent to an activating group) is 1. The molecule has 2 unspecified atom stereocenters. The van der Waals surface area contributed by atoms with Gasteiger partial charge in [0.2, 0.25) is 0 Å². The molecule has 0 aliphatic carbocycles. The van der Waals surface area contributed by atoms with Crippen LogP contribution in [0.2, 0.25) is 0 Å². The summed E-state index contributed by atoms with van der Waals surface area (Å²) in [5.41, 5.74) is 1.90. The fourth-order valence-electron chi connectivity index (χ4n) is 3.25. The summed E-state index contributed by atoms with van der Waals surface area (Å²) in [4.78, 5) is 14.4. The average molecular weight is 491 g/mol. The lowest BCUT2D eigenvalue weighted by Gasteiger charge is -2.29. The number of nitrogens with zero attached hydrogens (tertiary/aromatic N) is 2. The van der Waals surface area contributed by atoms with Crippen LogP contribution in [0, 0.1) is 0 Å². The number of anilines is 2. The lowest BCUT2D eigenvalue weighted by atomic mass is 10.1. The zero-order chi connectivity index (χ0) is 24.4. The van der Waals surface area contributed by atoms with Gasteiger partial charge in [-0.05, 0) is 30.9 Å². The molecular formula is C25H34N2O4S2. The number of para-hydroxylation sites is 1. The number of ether oxygens (including phenoxy) is 1. The topological polar surface area (TPSA) is 70.1 Å². The van der Waals surface area contributed by atoms with Crippen LogP contribution in [0.15, 0.2) is 64.6 Å². The van der Waals surface area contributed by atoms with E-state index in [2.05, 4.69) is 25.7 Å². The quantitative estimate of drug-likeness (QED) is 0.288. The van der Waals surface area contributed by atoms with Gasteiger partial charge in [0.25, 0.3) is 0 Å². The number of fused-ring (bicyclic) bond motifs is 1. The molecule has 8 heteroatoms. The molecule has 1 aliphatic rings. The van der Waals surface area contributed by atoms with Crippen molar-refractivity contribution in [3.8, 4) is 5.75 Å². The molecule has 1 heterocycles. The molecule has 2 aromatic carbocycles. The first-order valence-corrected chi connectivity index (χ1v) is 13.5. The van der Waals surface area contributed by atoms with Crippen LogP contribution in [0.25, 0.3) is 0 Å². The smallest absolute Gasteiger partial charge is 0.331 e. The fraction of sp³-hybridized carbons (Fsp3) is 0.400. The molecule has 3 rings (SSSR count). The Kier molecular flexibility index (Phi) is 11.0. The van der Waals surface area contributed by atoms with E-state index in [1.807, 2.05) is 54.0 Å². The van der Waals surface area contributed by atoms with Crippen molar-refractivity contribution in [2.24, 2.45) is 0 Å². The number of carboxylic acids is 1. The van der Waals surface area contributed by atoms with E-state index in [4.69, 9.17) is 9.84 Å². The molecular weight excluding hydrogens is 456 g/mol. The van der Waals surface area contributed by atoms with Crippen LogP contribution in [-0.2, 0) is 15.8 Å². The normalized spacial score (nSPS) is 18.3.